The normalized spacial score (nSPS) is 15.4. The molecule has 4 N–H and O–H groups in total. The molecular formula is C10H15N3O3. The van der Waals surface area contributed by atoms with E-state index in [-0.39, 0.29) is 18.8 Å². The van der Waals surface area contributed by atoms with E-state index in [1.54, 1.807) is 0 Å². The van der Waals surface area contributed by atoms with Gasteiger partial charge in [-0.25, -0.2) is 4.98 Å². The number of H-pyrrole nitrogens is 1. The van der Waals surface area contributed by atoms with Crippen LogP contribution in [0.2, 0.25) is 0 Å². The van der Waals surface area contributed by atoms with Crippen LogP contribution in [0.5, 0.6) is 0 Å². The average Bonchev–Trinajstić information content (AvgIpc) is 3.08. The second kappa shape index (κ2) is 4.63. The lowest BCUT2D eigenvalue weighted by Crippen LogP contribution is -2.29. The van der Waals surface area contributed by atoms with Crippen molar-refractivity contribution in [3.8, 4) is 0 Å². The molecule has 0 atom stereocenters. The molecule has 0 amide bonds. The summed E-state index contributed by atoms with van der Waals surface area (Å²) < 4.78 is 0. The molecule has 1 heterocycles. The van der Waals surface area contributed by atoms with Crippen molar-refractivity contribution in [2.75, 3.05) is 18.5 Å². The fourth-order valence-electron chi connectivity index (χ4n) is 1.46. The first-order valence-electron chi connectivity index (χ1n) is 5.32. The first-order valence-corrected chi connectivity index (χ1v) is 5.32. The van der Waals surface area contributed by atoms with Crippen LogP contribution in [0.15, 0.2) is 10.9 Å². The van der Waals surface area contributed by atoms with Crippen molar-refractivity contribution in [1.29, 1.82) is 0 Å². The van der Waals surface area contributed by atoms with Gasteiger partial charge in [-0.1, -0.05) is 0 Å². The Morgan fingerprint density at radius 2 is 2.19 bits per heavy atom. The lowest BCUT2D eigenvalue weighted by molar-refractivity contribution is 0.203. The second-order valence-electron chi connectivity index (χ2n) is 4.00. The summed E-state index contributed by atoms with van der Waals surface area (Å²) in [7, 11) is 0. The van der Waals surface area contributed by atoms with Gasteiger partial charge in [0.15, 0.2) is 0 Å². The number of hydrogen-bond acceptors (Lipinski definition) is 5. The quantitative estimate of drug-likeness (QED) is 0.537. The number of aliphatic hydroxyl groups excluding tert-OH is 2. The van der Waals surface area contributed by atoms with Gasteiger partial charge in [0.2, 0.25) is 0 Å². The van der Waals surface area contributed by atoms with Crippen LogP contribution < -0.4 is 10.9 Å². The van der Waals surface area contributed by atoms with Gasteiger partial charge in [-0.05, 0) is 12.8 Å². The van der Waals surface area contributed by atoms with Crippen LogP contribution in [0.3, 0.4) is 0 Å². The minimum absolute atomic E-state index is 0.205. The molecule has 0 aliphatic heterocycles. The minimum atomic E-state index is -0.485. The molecule has 0 unspecified atom stereocenters. The van der Waals surface area contributed by atoms with Crippen LogP contribution in [-0.4, -0.2) is 39.4 Å². The molecule has 0 aromatic carbocycles. The molecule has 1 aliphatic rings. The SMILES string of the molecule is O=c1cc(NC(CO)CO)nc(C2CC2)[nH]1. The molecule has 1 aromatic rings. The van der Waals surface area contributed by atoms with E-state index in [0.717, 1.165) is 12.8 Å². The van der Waals surface area contributed by atoms with E-state index in [2.05, 4.69) is 15.3 Å². The predicted molar refractivity (Wildman–Crippen MR) is 58.4 cm³/mol. The van der Waals surface area contributed by atoms with E-state index < -0.39 is 6.04 Å². The first kappa shape index (κ1) is 11.1. The van der Waals surface area contributed by atoms with Crippen LogP contribution in [-0.2, 0) is 0 Å². The van der Waals surface area contributed by atoms with Gasteiger partial charge < -0.3 is 20.5 Å². The fraction of sp³-hybridized carbons (Fsp3) is 0.600. The van der Waals surface area contributed by atoms with Gasteiger partial charge in [0.25, 0.3) is 5.56 Å². The molecule has 0 bridgehead atoms. The van der Waals surface area contributed by atoms with Crippen molar-refractivity contribution in [2.24, 2.45) is 0 Å². The molecular weight excluding hydrogens is 210 g/mol. The summed E-state index contributed by atoms with van der Waals surface area (Å²) in [6.07, 6.45) is 2.10. The van der Waals surface area contributed by atoms with E-state index in [1.807, 2.05) is 0 Å². The molecule has 0 spiro atoms. The maximum atomic E-state index is 11.3. The number of nitrogens with one attached hydrogen (secondary N) is 2. The molecule has 0 saturated heterocycles. The van der Waals surface area contributed by atoms with Crippen molar-refractivity contribution in [2.45, 2.75) is 24.8 Å². The summed E-state index contributed by atoms with van der Waals surface area (Å²) in [5.74, 6) is 1.44. The van der Waals surface area contributed by atoms with Crippen molar-refractivity contribution in [1.82, 2.24) is 9.97 Å². The lowest BCUT2D eigenvalue weighted by Gasteiger charge is -2.14. The van der Waals surface area contributed by atoms with Gasteiger partial charge in [-0.2, -0.15) is 0 Å². The minimum Gasteiger partial charge on any atom is -0.394 e. The van der Waals surface area contributed by atoms with Gasteiger partial charge in [0, 0.05) is 12.0 Å². The first-order chi connectivity index (χ1) is 7.72. The van der Waals surface area contributed by atoms with Gasteiger partial charge in [-0.3, -0.25) is 4.79 Å². The third kappa shape index (κ3) is 2.59. The summed E-state index contributed by atoms with van der Waals surface area (Å²) in [6, 6.07) is 0.839. The van der Waals surface area contributed by atoms with Gasteiger partial charge in [0.1, 0.15) is 11.6 Å². The number of aliphatic hydroxyl groups is 2. The number of aromatic nitrogens is 2. The summed E-state index contributed by atoms with van der Waals surface area (Å²) >= 11 is 0. The maximum Gasteiger partial charge on any atom is 0.252 e. The zero-order chi connectivity index (χ0) is 11.5. The maximum absolute atomic E-state index is 11.3. The molecule has 88 valence electrons. The third-order valence-electron chi connectivity index (χ3n) is 2.52. The number of nitrogens with zero attached hydrogens (tertiary/aromatic N) is 1. The smallest absolute Gasteiger partial charge is 0.252 e. The highest BCUT2D eigenvalue weighted by atomic mass is 16.3. The molecule has 6 nitrogen and oxygen atoms in total. The number of rotatable bonds is 5. The van der Waals surface area contributed by atoms with Crippen LogP contribution >= 0.6 is 0 Å². The van der Waals surface area contributed by atoms with Gasteiger partial charge >= 0.3 is 0 Å². The van der Waals surface area contributed by atoms with Crippen LogP contribution in [0.4, 0.5) is 5.82 Å². The highest BCUT2D eigenvalue weighted by Crippen LogP contribution is 2.37. The summed E-state index contributed by atoms with van der Waals surface area (Å²) in [6.45, 7) is -0.409. The second-order valence-corrected chi connectivity index (χ2v) is 4.00. The average molecular weight is 225 g/mol. The molecule has 16 heavy (non-hydrogen) atoms. The fourth-order valence-corrected chi connectivity index (χ4v) is 1.46. The Balaban J connectivity index is 2.16. The Labute approximate surface area is 92.4 Å². The van der Waals surface area contributed by atoms with E-state index in [4.69, 9.17) is 10.2 Å². The van der Waals surface area contributed by atoms with Crippen molar-refractivity contribution in [3.63, 3.8) is 0 Å². The summed E-state index contributed by atoms with van der Waals surface area (Å²) in [5, 5.41) is 20.6. The zero-order valence-corrected chi connectivity index (χ0v) is 8.81. The summed E-state index contributed by atoms with van der Waals surface area (Å²) in [4.78, 5) is 18.3. The van der Waals surface area contributed by atoms with E-state index in [1.165, 1.54) is 6.07 Å². The third-order valence-corrected chi connectivity index (χ3v) is 2.52. The highest BCUT2D eigenvalue weighted by molar-refractivity contribution is 5.35. The topological polar surface area (TPSA) is 98.2 Å². The molecule has 0 radical (unpaired) electrons. The zero-order valence-electron chi connectivity index (χ0n) is 8.81. The molecule has 1 fully saturated rings. The van der Waals surface area contributed by atoms with E-state index >= 15 is 0 Å². The number of anilines is 1. The van der Waals surface area contributed by atoms with Crippen LogP contribution in [0.1, 0.15) is 24.6 Å². The van der Waals surface area contributed by atoms with E-state index in [9.17, 15) is 4.79 Å². The molecule has 6 heteroatoms. The van der Waals surface area contributed by atoms with Crippen molar-refractivity contribution < 1.29 is 10.2 Å². The lowest BCUT2D eigenvalue weighted by atomic mass is 10.3. The largest absolute Gasteiger partial charge is 0.394 e. The Morgan fingerprint density at radius 3 is 2.75 bits per heavy atom. The highest BCUT2D eigenvalue weighted by Gasteiger charge is 2.26. The van der Waals surface area contributed by atoms with Crippen molar-refractivity contribution in [3.05, 3.63) is 22.2 Å². The molecule has 1 aromatic heterocycles. The van der Waals surface area contributed by atoms with E-state index in [0.29, 0.717) is 17.6 Å². The predicted octanol–water partition coefficient (Wildman–Crippen LogP) is -0.588. The Morgan fingerprint density at radius 1 is 1.50 bits per heavy atom. The van der Waals surface area contributed by atoms with Crippen LogP contribution in [0.25, 0.3) is 0 Å². The van der Waals surface area contributed by atoms with Gasteiger partial charge in [-0.15, -0.1) is 0 Å². The Kier molecular flexibility index (Phi) is 3.21. The van der Waals surface area contributed by atoms with Crippen molar-refractivity contribution >= 4 is 5.82 Å². The molecule has 1 aliphatic carbocycles. The Bertz CT molecular complexity index is 410. The Hall–Kier alpha value is -1.40. The molecule has 2 rings (SSSR count). The number of aromatic amines is 1. The monoisotopic (exact) mass is 225 g/mol. The number of hydrogen-bond donors (Lipinski definition) is 4. The standard InChI is InChI=1S/C10H15N3O3/c14-4-7(5-15)11-8-3-9(16)13-10(12-8)6-1-2-6/h3,6-7,14-15H,1-2,4-5H2,(H2,11,12,13,16). The molecule has 1 saturated carbocycles. The van der Waals surface area contributed by atoms with Gasteiger partial charge in [0.05, 0.1) is 19.3 Å². The van der Waals surface area contributed by atoms with Crippen LogP contribution in [0, 0.1) is 0 Å². The summed E-state index contributed by atoms with van der Waals surface area (Å²) in [5.41, 5.74) is -0.214.